The quantitative estimate of drug-likeness (QED) is 0.861. The molecule has 0 saturated carbocycles. The fourth-order valence-corrected chi connectivity index (χ4v) is 2.96. The van der Waals surface area contributed by atoms with E-state index in [0.29, 0.717) is 6.04 Å². The first-order chi connectivity index (χ1) is 9.45. The van der Waals surface area contributed by atoms with Gasteiger partial charge in [0.15, 0.2) is 0 Å². The first-order valence-electron chi connectivity index (χ1n) is 8.06. The molecule has 0 spiro atoms. The lowest BCUT2D eigenvalue weighted by molar-refractivity contribution is -0.129. The lowest BCUT2D eigenvalue weighted by Crippen LogP contribution is -2.48. The summed E-state index contributed by atoms with van der Waals surface area (Å²) in [4.78, 5) is 14.6. The van der Waals surface area contributed by atoms with E-state index in [1.807, 2.05) is 20.8 Å². The number of nitrogens with zero attached hydrogens (tertiary/aromatic N) is 1. The number of ether oxygens (including phenoxy) is 1. The standard InChI is InChI=1S/C16H30N2O2/c1-16(2,3)15(19)17-14-4-8-18(9-5-14)12-13-6-10-20-11-7-13/h13-14H,4-12H2,1-3H3,(H,17,19). The number of nitrogens with one attached hydrogen (secondary N) is 1. The van der Waals surface area contributed by atoms with Crippen LogP contribution in [0.25, 0.3) is 0 Å². The number of likely N-dealkylation sites (tertiary alicyclic amines) is 1. The summed E-state index contributed by atoms with van der Waals surface area (Å²) >= 11 is 0. The summed E-state index contributed by atoms with van der Waals surface area (Å²) in [5, 5.41) is 3.20. The third kappa shape index (κ3) is 4.74. The van der Waals surface area contributed by atoms with Gasteiger partial charge in [0.25, 0.3) is 0 Å². The second kappa shape index (κ2) is 6.90. The Labute approximate surface area is 123 Å². The van der Waals surface area contributed by atoms with Crippen molar-refractivity contribution in [1.29, 1.82) is 0 Å². The summed E-state index contributed by atoms with van der Waals surface area (Å²) < 4.78 is 5.42. The Morgan fingerprint density at radius 2 is 1.75 bits per heavy atom. The molecule has 2 rings (SSSR count). The first-order valence-corrected chi connectivity index (χ1v) is 8.06. The summed E-state index contributed by atoms with van der Waals surface area (Å²) in [6, 6.07) is 0.368. The van der Waals surface area contributed by atoms with E-state index >= 15 is 0 Å². The van der Waals surface area contributed by atoms with Crippen LogP contribution in [0.3, 0.4) is 0 Å². The molecule has 0 atom stereocenters. The Hall–Kier alpha value is -0.610. The van der Waals surface area contributed by atoms with Gasteiger partial charge < -0.3 is 15.0 Å². The highest BCUT2D eigenvalue weighted by Gasteiger charge is 2.27. The van der Waals surface area contributed by atoms with Crippen molar-refractivity contribution in [3.05, 3.63) is 0 Å². The molecule has 0 aromatic rings. The highest BCUT2D eigenvalue weighted by Crippen LogP contribution is 2.20. The second-order valence-electron chi connectivity index (χ2n) is 7.35. The van der Waals surface area contributed by atoms with E-state index in [2.05, 4.69) is 10.2 Å². The van der Waals surface area contributed by atoms with Crippen LogP contribution < -0.4 is 5.32 Å². The molecule has 2 aliphatic heterocycles. The molecular formula is C16H30N2O2. The van der Waals surface area contributed by atoms with Gasteiger partial charge in [-0.1, -0.05) is 20.8 Å². The Morgan fingerprint density at radius 3 is 2.30 bits per heavy atom. The minimum absolute atomic E-state index is 0.181. The predicted molar refractivity (Wildman–Crippen MR) is 80.6 cm³/mol. The molecular weight excluding hydrogens is 252 g/mol. The number of carbonyl (C=O) groups is 1. The molecule has 4 heteroatoms. The number of hydrogen-bond acceptors (Lipinski definition) is 3. The van der Waals surface area contributed by atoms with Gasteiger partial charge in [0.05, 0.1) is 0 Å². The molecule has 0 bridgehead atoms. The van der Waals surface area contributed by atoms with Gasteiger partial charge in [0, 0.05) is 44.3 Å². The van der Waals surface area contributed by atoms with Gasteiger partial charge in [-0.2, -0.15) is 0 Å². The van der Waals surface area contributed by atoms with E-state index in [1.165, 1.54) is 19.4 Å². The van der Waals surface area contributed by atoms with Crippen molar-refractivity contribution >= 4 is 5.91 Å². The zero-order chi connectivity index (χ0) is 14.6. The van der Waals surface area contributed by atoms with Crippen molar-refractivity contribution in [2.75, 3.05) is 32.8 Å². The fraction of sp³-hybridized carbons (Fsp3) is 0.938. The van der Waals surface area contributed by atoms with Gasteiger partial charge in [-0.25, -0.2) is 0 Å². The van der Waals surface area contributed by atoms with Crippen molar-refractivity contribution in [1.82, 2.24) is 10.2 Å². The number of carbonyl (C=O) groups excluding carboxylic acids is 1. The van der Waals surface area contributed by atoms with Crippen molar-refractivity contribution in [3.8, 4) is 0 Å². The summed E-state index contributed by atoms with van der Waals surface area (Å²) in [7, 11) is 0. The van der Waals surface area contributed by atoms with E-state index in [4.69, 9.17) is 4.74 Å². The van der Waals surface area contributed by atoms with Crippen LogP contribution in [0.2, 0.25) is 0 Å². The molecule has 20 heavy (non-hydrogen) atoms. The van der Waals surface area contributed by atoms with Gasteiger partial charge in [-0.3, -0.25) is 4.79 Å². The van der Waals surface area contributed by atoms with Crippen LogP contribution in [-0.2, 0) is 9.53 Å². The van der Waals surface area contributed by atoms with Gasteiger partial charge >= 0.3 is 0 Å². The Kier molecular flexibility index (Phi) is 5.44. The van der Waals surface area contributed by atoms with Gasteiger partial charge in [-0.05, 0) is 31.6 Å². The molecule has 2 aliphatic rings. The molecule has 0 aromatic heterocycles. The van der Waals surface area contributed by atoms with Gasteiger partial charge in [-0.15, -0.1) is 0 Å². The maximum absolute atomic E-state index is 12.0. The average Bonchev–Trinajstić information content (AvgIpc) is 2.41. The van der Waals surface area contributed by atoms with E-state index in [9.17, 15) is 4.79 Å². The summed E-state index contributed by atoms with van der Waals surface area (Å²) in [5.41, 5.74) is -0.279. The van der Waals surface area contributed by atoms with Crippen LogP contribution in [0.5, 0.6) is 0 Å². The monoisotopic (exact) mass is 282 g/mol. The molecule has 116 valence electrons. The Bertz CT molecular complexity index is 311. The number of rotatable bonds is 3. The SMILES string of the molecule is CC(C)(C)C(=O)NC1CCN(CC2CCOCC2)CC1. The highest BCUT2D eigenvalue weighted by molar-refractivity contribution is 5.81. The molecule has 0 radical (unpaired) electrons. The fourth-order valence-electron chi connectivity index (χ4n) is 2.96. The Balaban J connectivity index is 1.68. The molecule has 1 amide bonds. The van der Waals surface area contributed by atoms with Crippen LogP contribution in [0.4, 0.5) is 0 Å². The van der Waals surface area contributed by atoms with Crippen molar-refractivity contribution in [2.45, 2.75) is 52.5 Å². The maximum atomic E-state index is 12.0. The minimum Gasteiger partial charge on any atom is -0.381 e. The molecule has 0 aliphatic carbocycles. The van der Waals surface area contributed by atoms with Crippen molar-refractivity contribution < 1.29 is 9.53 Å². The zero-order valence-electron chi connectivity index (χ0n) is 13.3. The molecule has 2 fully saturated rings. The molecule has 1 N–H and O–H groups in total. The topological polar surface area (TPSA) is 41.6 Å². The number of hydrogen-bond donors (Lipinski definition) is 1. The van der Waals surface area contributed by atoms with Crippen molar-refractivity contribution in [2.24, 2.45) is 11.3 Å². The lowest BCUT2D eigenvalue weighted by Gasteiger charge is -2.36. The van der Waals surface area contributed by atoms with E-state index in [0.717, 1.165) is 45.1 Å². The predicted octanol–water partition coefficient (Wildman–Crippen LogP) is 2.04. The third-order valence-electron chi connectivity index (χ3n) is 4.46. The average molecular weight is 282 g/mol. The number of piperidine rings is 1. The molecule has 0 unspecified atom stereocenters. The Morgan fingerprint density at radius 1 is 1.15 bits per heavy atom. The third-order valence-corrected chi connectivity index (χ3v) is 4.46. The van der Waals surface area contributed by atoms with E-state index < -0.39 is 0 Å². The summed E-state index contributed by atoms with van der Waals surface area (Å²) in [6.07, 6.45) is 4.59. The molecule has 2 saturated heterocycles. The minimum atomic E-state index is -0.279. The summed E-state index contributed by atoms with van der Waals surface area (Å²) in [5.74, 6) is 0.991. The smallest absolute Gasteiger partial charge is 0.225 e. The van der Waals surface area contributed by atoms with Crippen LogP contribution in [-0.4, -0.2) is 49.7 Å². The van der Waals surface area contributed by atoms with Crippen LogP contribution in [0.15, 0.2) is 0 Å². The number of amides is 1. The van der Waals surface area contributed by atoms with Gasteiger partial charge in [0.2, 0.25) is 5.91 Å². The lowest BCUT2D eigenvalue weighted by atomic mass is 9.93. The second-order valence-corrected chi connectivity index (χ2v) is 7.35. The molecule has 2 heterocycles. The highest BCUT2D eigenvalue weighted by atomic mass is 16.5. The van der Waals surface area contributed by atoms with E-state index in [-0.39, 0.29) is 11.3 Å². The van der Waals surface area contributed by atoms with Crippen LogP contribution >= 0.6 is 0 Å². The van der Waals surface area contributed by atoms with Crippen molar-refractivity contribution in [3.63, 3.8) is 0 Å². The largest absolute Gasteiger partial charge is 0.381 e. The first kappa shape index (κ1) is 15.8. The van der Waals surface area contributed by atoms with E-state index in [1.54, 1.807) is 0 Å². The zero-order valence-corrected chi connectivity index (χ0v) is 13.3. The molecule has 0 aromatic carbocycles. The normalized spacial score (nSPS) is 23.8. The molecule has 4 nitrogen and oxygen atoms in total. The van der Waals surface area contributed by atoms with Gasteiger partial charge in [0.1, 0.15) is 0 Å². The van der Waals surface area contributed by atoms with Crippen LogP contribution in [0, 0.1) is 11.3 Å². The maximum Gasteiger partial charge on any atom is 0.225 e. The van der Waals surface area contributed by atoms with Crippen LogP contribution in [0.1, 0.15) is 46.5 Å². The summed E-state index contributed by atoms with van der Waals surface area (Å²) in [6.45, 7) is 11.2.